The lowest BCUT2D eigenvalue weighted by Gasteiger charge is -2.12. The Bertz CT molecular complexity index is 753. The number of halogens is 2. The maximum Gasteiger partial charge on any atom is 0.225 e. The third-order valence-corrected chi connectivity index (χ3v) is 5.10. The zero-order chi connectivity index (χ0) is 17.6. The van der Waals surface area contributed by atoms with Crippen molar-refractivity contribution in [1.29, 1.82) is 0 Å². The number of anilines is 1. The van der Waals surface area contributed by atoms with Crippen LogP contribution in [0.4, 0.5) is 5.69 Å². The minimum absolute atomic E-state index is 0.0992. The van der Waals surface area contributed by atoms with E-state index in [4.69, 9.17) is 32.7 Å². The lowest BCUT2D eigenvalue weighted by molar-refractivity contribution is -0.115. The Hall–Kier alpha value is -1.56. The molecule has 1 aliphatic rings. The number of amides is 1. The molecule has 0 unspecified atom stereocenters. The van der Waals surface area contributed by atoms with Crippen molar-refractivity contribution < 1.29 is 14.3 Å². The summed E-state index contributed by atoms with van der Waals surface area (Å²) in [5, 5.41) is 3.97. The predicted molar refractivity (Wildman–Crippen MR) is 102 cm³/mol. The van der Waals surface area contributed by atoms with Crippen LogP contribution in [0, 0.1) is 0 Å². The smallest absolute Gasteiger partial charge is 0.225 e. The summed E-state index contributed by atoms with van der Waals surface area (Å²) < 4.78 is 11.2. The molecule has 0 bridgehead atoms. The van der Waals surface area contributed by atoms with Gasteiger partial charge in [-0.2, -0.15) is 0 Å². The molecule has 1 amide bonds. The highest BCUT2D eigenvalue weighted by Gasteiger charge is 2.15. The minimum Gasteiger partial charge on any atom is -0.490 e. The molecule has 0 fully saturated rings. The van der Waals surface area contributed by atoms with E-state index in [1.54, 1.807) is 23.9 Å². The summed E-state index contributed by atoms with van der Waals surface area (Å²) in [5.74, 6) is 1.78. The van der Waals surface area contributed by atoms with Crippen LogP contribution in [-0.4, -0.2) is 24.9 Å². The van der Waals surface area contributed by atoms with Crippen LogP contribution in [0.3, 0.4) is 0 Å². The Morgan fingerprint density at radius 3 is 2.48 bits per heavy atom. The third-order valence-electron chi connectivity index (χ3n) is 3.52. The highest BCUT2D eigenvalue weighted by Crippen LogP contribution is 2.37. The highest BCUT2D eigenvalue weighted by atomic mass is 35.5. The topological polar surface area (TPSA) is 47.6 Å². The van der Waals surface area contributed by atoms with Crippen LogP contribution in [0.15, 0.2) is 41.3 Å². The van der Waals surface area contributed by atoms with E-state index < -0.39 is 0 Å². The Kier molecular flexibility index (Phi) is 6.34. The van der Waals surface area contributed by atoms with Crippen LogP contribution < -0.4 is 14.8 Å². The highest BCUT2D eigenvalue weighted by molar-refractivity contribution is 7.99. The Morgan fingerprint density at radius 2 is 1.76 bits per heavy atom. The van der Waals surface area contributed by atoms with Crippen molar-refractivity contribution in [2.45, 2.75) is 17.7 Å². The Balaban J connectivity index is 1.55. The van der Waals surface area contributed by atoms with Crippen molar-refractivity contribution in [3.63, 3.8) is 0 Å². The van der Waals surface area contributed by atoms with Gasteiger partial charge in [0.05, 0.1) is 23.9 Å². The zero-order valence-corrected chi connectivity index (χ0v) is 15.7. The normalized spacial score (nSPS) is 13.2. The number of carbonyl (C=O) groups excluding carboxylic acids is 1. The van der Waals surface area contributed by atoms with E-state index in [2.05, 4.69) is 5.32 Å². The van der Waals surface area contributed by atoms with Crippen LogP contribution >= 0.6 is 35.0 Å². The van der Waals surface area contributed by atoms with Gasteiger partial charge in [0.25, 0.3) is 0 Å². The third kappa shape index (κ3) is 5.21. The molecular formula is C18H17Cl2NO3S. The molecule has 0 radical (unpaired) electrons. The first-order chi connectivity index (χ1) is 12.1. The molecule has 132 valence electrons. The van der Waals surface area contributed by atoms with Gasteiger partial charge in [0.1, 0.15) is 0 Å². The van der Waals surface area contributed by atoms with E-state index in [0.29, 0.717) is 52.6 Å². The molecular weight excluding hydrogens is 381 g/mol. The molecule has 0 spiro atoms. The molecule has 0 saturated carbocycles. The Labute approximate surface area is 160 Å². The van der Waals surface area contributed by atoms with Crippen molar-refractivity contribution in [2.75, 3.05) is 24.3 Å². The summed E-state index contributed by atoms with van der Waals surface area (Å²) in [6, 6.07) is 10.9. The first-order valence-corrected chi connectivity index (χ1v) is 9.63. The molecule has 0 aliphatic carbocycles. The molecule has 25 heavy (non-hydrogen) atoms. The summed E-state index contributed by atoms with van der Waals surface area (Å²) in [6.45, 7) is 1.18. The Morgan fingerprint density at radius 1 is 1.08 bits per heavy atom. The minimum atomic E-state index is -0.0992. The quantitative estimate of drug-likeness (QED) is 0.697. The van der Waals surface area contributed by atoms with E-state index in [-0.39, 0.29) is 5.91 Å². The average molecular weight is 398 g/mol. The maximum atomic E-state index is 12.2. The average Bonchev–Trinajstić information content (AvgIpc) is 2.82. The van der Waals surface area contributed by atoms with Gasteiger partial charge < -0.3 is 14.8 Å². The molecule has 2 aromatic carbocycles. The van der Waals surface area contributed by atoms with Gasteiger partial charge in [-0.15, -0.1) is 11.8 Å². The lowest BCUT2D eigenvalue weighted by Crippen LogP contribution is -2.12. The number of fused-ring (bicyclic) bond motifs is 1. The fraction of sp³-hybridized carbons (Fsp3) is 0.278. The first-order valence-electron chi connectivity index (χ1n) is 7.89. The summed E-state index contributed by atoms with van der Waals surface area (Å²) in [4.78, 5) is 13.2. The second kappa shape index (κ2) is 8.70. The number of carbonyl (C=O) groups is 1. The van der Waals surface area contributed by atoms with E-state index in [0.717, 1.165) is 11.3 Å². The van der Waals surface area contributed by atoms with Crippen molar-refractivity contribution in [3.8, 4) is 11.5 Å². The van der Waals surface area contributed by atoms with E-state index >= 15 is 0 Å². The van der Waals surface area contributed by atoms with Crippen LogP contribution in [0.5, 0.6) is 11.5 Å². The van der Waals surface area contributed by atoms with Crippen LogP contribution in [0.2, 0.25) is 10.0 Å². The number of hydrogen-bond acceptors (Lipinski definition) is 4. The summed E-state index contributed by atoms with van der Waals surface area (Å²) in [5.41, 5.74) is 0.535. The molecule has 4 nitrogen and oxygen atoms in total. The molecule has 3 rings (SSSR count). The van der Waals surface area contributed by atoms with Gasteiger partial charge in [-0.05, 0) is 24.3 Å². The van der Waals surface area contributed by atoms with Gasteiger partial charge in [0.15, 0.2) is 11.5 Å². The first kappa shape index (κ1) is 18.2. The number of nitrogens with one attached hydrogen (secondary N) is 1. The zero-order valence-electron chi connectivity index (χ0n) is 13.4. The lowest BCUT2D eigenvalue weighted by atomic mass is 10.2. The van der Waals surface area contributed by atoms with Crippen LogP contribution in [0.1, 0.15) is 12.8 Å². The second-order valence-corrected chi connectivity index (χ2v) is 7.44. The monoisotopic (exact) mass is 397 g/mol. The molecule has 7 heteroatoms. The second-order valence-electron chi connectivity index (χ2n) is 5.43. The molecule has 1 aliphatic heterocycles. The molecule has 0 saturated heterocycles. The number of thioether (sulfide) groups is 1. The SMILES string of the molecule is O=C(CCSc1ccc(Cl)cc1)Nc1cc2c(cc1Cl)OCCCO2. The van der Waals surface area contributed by atoms with Crippen LogP contribution in [-0.2, 0) is 4.79 Å². The van der Waals surface area contributed by atoms with Gasteiger partial charge in [0.2, 0.25) is 5.91 Å². The van der Waals surface area contributed by atoms with Crippen molar-refractivity contribution in [1.82, 2.24) is 0 Å². The molecule has 0 aromatic heterocycles. The van der Waals surface area contributed by atoms with Gasteiger partial charge >= 0.3 is 0 Å². The van der Waals surface area contributed by atoms with Gasteiger partial charge in [-0.25, -0.2) is 0 Å². The summed E-state index contributed by atoms with van der Waals surface area (Å²) >= 11 is 13.7. The largest absolute Gasteiger partial charge is 0.490 e. The van der Waals surface area contributed by atoms with Crippen molar-refractivity contribution >= 4 is 46.6 Å². The summed E-state index contributed by atoms with van der Waals surface area (Å²) in [7, 11) is 0. The van der Waals surface area contributed by atoms with E-state index in [1.165, 1.54) is 0 Å². The fourth-order valence-corrected chi connectivity index (χ4v) is 3.46. The van der Waals surface area contributed by atoms with Crippen molar-refractivity contribution in [2.24, 2.45) is 0 Å². The molecule has 2 aromatic rings. The number of ether oxygens (including phenoxy) is 2. The van der Waals surface area contributed by atoms with Gasteiger partial charge in [-0.3, -0.25) is 4.79 Å². The number of rotatable bonds is 5. The number of benzene rings is 2. The molecule has 0 atom stereocenters. The fourth-order valence-electron chi connectivity index (χ4n) is 2.28. The van der Waals surface area contributed by atoms with E-state index in [9.17, 15) is 4.79 Å². The predicted octanol–water partition coefficient (Wildman–Crippen LogP) is 5.28. The van der Waals surface area contributed by atoms with Gasteiger partial charge in [-0.1, -0.05) is 23.2 Å². The molecule has 1 heterocycles. The number of hydrogen-bond donors (Lipinski definition) is 1. The van der Waals surface area contributed by atoms with Gasteiger partial charge in [0, 0.05) is 40.6 Å². The summed E-state index contributed by atoms with van der Waals surface area (Å²) in [6.07, 6.45) is 1.19. The van der Waals surface area contributed by atoms with Crippen LogP contribution in [0.25, 0.3) is 0 Å². The molecule has 1 N–H and O–H groups in total. The van der Waals surface area contributed by atoms with Crippen molar-refractivity contribution in [3.05, 3.63) is 46.4 Å². The standard InChI is InChI=1S/C18H17Cl2NO3S/c19-12-2-4-13(5-3-12)25-9-6-18(22)21-15-11-17-16(10-14(15)20)23-7-1-8-24-17/h2-5,10-11H,1,6-9H2,(H,21,22). The van der Waals surface area contributed by atoms with E-state index in [1.807, 2.05) is 24.3 Å². The maximum absolute atomic E-state index is 12.2.